The number of piperidine rings is 1. The van der Waals surface area contributed by atoms with Gasteiger partial charge in [-0.1, -0.05) is 54.1 Å². The SMILES string of the molecule is COc1ccc(C(=O)N2CCCC(C(=O)NCc3ccccc3Cl)C2)c2ccccc12. The van der Waals surface area contributed by atoms with Gasteiger partial charge < -0.3 is 15.0 Å². The van der Waals surface area contributed by atoms with Gasteiger partial charge in [0.2, 0.25) is 5.91 Å². The molecule has 1 saturated heterocycles. The van der Waals surface area contributed by atoms with Crippen molar-refractivity contribution in [1.82, 2.24) is 10.2 Å². The summed E-state index contributed by atoms with van der Waals surface area (Å²) in [6.07, 6.45) is 1.56. The molecule has 31 heavy (non-hydrogen) atoms. The summed E-state index contributed by atoms with van der Waals surface area (Å²) in [5, 5.41) is 5.37. The molecule has 2 amide bonds. The average molecular weight is 437 g/mol. The molecular weight excluding hydrogens is 412 g/mol. The smallest absolute Gasteiger partial charge is 0.254 e. The first-order chi connectivity index (χ1) is 15.1. The van der Waals surface area contributed by atoms with E-state index in [9.17, 15) is 9.59 Å². The highest BCUT2D eigenvalue weighted by molar-refractivity contribution is 6.31. The van der Waals surface area contributed by atoms with Gasteiger partial charge in [0.15, 0.2) is 0 Å². The van der Waals surface area contributed by atoms with E-state index in [0.717, 1.165) is 34.9 Å². The second-order valence-corrected chi connectivity index (χ2v) is 8.17. The van der Waals surface area contributed by atoms with E-state index in [1.807, 2.05) is 60.7 Å². The van der Waals surface area contributed by atoms with Crippen LogP contribution >= 0.6 is 11.6 Å². The minimum atomic E-state index is -0.232. The number of hydrogen-bond donors (Lipinski definition) is 1. The molecule has 6 heteroatoms. The fourth-order valence-corrected chi connectivity index (χ4v) is 4.35. The van der Waals surface area contributed by atoms with Gasteiger partial charge in [-0.05, 0) is 42.0 Å². The molecule has 0 radical (unpaired) electrons. The molecule has 1 atom stereocenters. The Bertz CT molecular complexity index is 1110. The molecule has 0 spiro atoms. The Balaban J connectivity index is 1.47. The van der Waals surface area contributed by atoms with Crippen LogP contribution in [0.1, 0.15) is 28.8 Å². The summed E-state index contributed by atoms with van der Waals surface area (Å²) < 4.78 is 5.44. The van der Waals surface area contributed by atoms with Crippen LogP contribution in [0.25, 0.3) is 10.8 Å². The normalized spacial score (nSPS) is 16.2. The summed E-state index contributed by atoms with van der Waals surface area (Å²) in [5.74, 6) is 0.409. The van der Waals surface area contributed by atoms with Crippen LogP contribution in [0.4, 0.5) is 0 Å². The van der Waals surface area contributed by atoms with Crippen LogP contribution in [0.15, 0.2) is 60.7 Å². The number of fused-ring (bicyclic) bond motifs is 1. The van der Waals surface area contributed by atoms with Crippen LogP contribution in [0.5, 0.6) is 5.75 Å². The van der Waals surface area contributed by atoms with Crippen LogP contribution in [-0.4, -0.2) is 36.9 Å². The molecule has 1 unspecified atom stereocenters. The van der Waals surface area contributed by atoms with Gasteiger partial charge in [0.25, 0.3) is 5.91 Å². The van der Waals surface area contributed by atoms with Gasteiger partial charge in [0.1, 0.15) is 5.75 Å². The number of ether oxygens (including phenoxy) is 1. The lowest BCUT2D eigenvalue weighted by Crippen LogP contribution is -2.45. The number of likely N-dealkylation sites (tertiary alicyclic amines) is 1. The van der Waals surface area contributed by atoms with Gasteiger partial charge in [-0.15, -0.1) is 0 Å². The molecular formula is C25H25ClN2O3. The maximum atomic E-state index is 13.3. The van der Waals surface area contributed by atoms with Gasteiger partial charge >= 0.3 is 0 Å². The maximum absolute atomic E-state index is 13.3. The van der Waals surface area contributed by atoms with E-state index < -0.39 is 0 Å². The summed E-state index contributed by atoms with van der Waals surface area (Å²) in [5.41, 5.74) is 1.51. The Morgan fingerprint density at radius 2 is 1.81 bits per heavy atom. The summed E-state index contributed by atoms with van der Waals surface area (Å²) in [7, 11) is 1.62. The molecule has 4 rings (SSSR count). The third-order valence-electron chi connectivity index (χ3n) is 5.82. The first kappa shape index (κ1) is 21.2. The zero-order valence-corrected chi connectivity index (χ0v) is 18.2. The van der Waals surface area contributed by atoms with E-state index in [2.05, 4.69) is 5.32 Å². The predicted octanol–water partition coefficient (Wildman–Crippen LogP) is 4.67. The Morgan fingerprint density at radius 3 is 2.58 bits per heavy atom. The Labute approximate surface area is 186 Å². The van der Waals surface area contributed by atoms with Crippen LogP contribution < -0.4 is 10.1 Å². The lowest BCUT2D eigenvalue weighted by atomic mass is 9.95. The first-order valence-electron chi connectivity index (χ1n) is 10.4. The van der Waals surface area contributed by atoms with Crippen LogP contribution in [0, 0.1) is 5.92 Å². The zero-order valence-electron chi connectivity index (χ0n) is 17.4. The lowest BCUT2D eigenvalue weighted by Gasteiger charge is -2.32. The lowest BCUT2D eigenvalue weighted by molar-refractivity contribution is -0.126. The Morgan fingerprint density at radius 1 is 1.06 bits per heavy atom. The molecule has 0 bridgehead atoms. The van der Waals surface area contributed by atoms with Crippen molar-refractivity contribution in [3.63, 3.8) is 0 Å². The number of benzene rings is 3. The van der Waals surface area contributed by atoms with Gasteiger partial charge in [-0.3, -0.25) is 9.59 Å². The number of nitrogens with one attached hydrogen (secondary N) is 1. The fraction of sp³-hybridized carbons (Fsp3) is 0.280. The van der Waals surface area contributed by atoms with Crippen molar-refractivity contribution in [3.05, 3.63) is 76.8 Å². The number of nitrogens with zero attached hydrogens (tertiary/aromatic N) is 1. The first-order valence-corrected chi connectivity index (χ1v) is 10.8. The molecule has 0 saturated carbocycles. The summed E-state index contributed by atoms with van der Waals surface area (Å²) in [6, 6.07) is 18.8. The van der Waals surface area contributed by atoms with Crippen LogP contribution in [0.3, 0.4) is 0 Å². The monoisotopic (exact) mass is 436 g/mol. The van der Waals surface area contributed by atoms with Crippen molar-refractivity contribution in [3.8, 4) is 5.75 Å². The number of amides is 2. The van der Waals surface area contributed by atoms with Crippen molar-refractivity contribution in [2.24, 2.45) is 5.92 Å². The van der Waals surface area contributed by atoms with Crippen molar-refractivity contribution in [2.45, 2.75) is 19.4 Å². The summed E-state index contributed by atoms with van der Waals surface area (Å²) in [4.78, 5) is 27.9. The molecule has 0 aromatic heterocycles. The van der Waals surface area contributed by atoms with Crippen molar-refractivity contribution in [2.75, 3.05) is 20.2 Å². The number of methoxy groups -OCH3 is 1. The molecule has 3 aromatic rings. The number of carbonyl (C=O) groups excluding carboxylic acids is 2. The average Bonchev–Trinajstić information content (AvgIpc) is 2.82. The Kier molecular flexibility index (Phi) is 6.42. The minimum absolute atomic E-state index is 0.0444. The largest absolute Gasteiger partial charge is 0.496 e. The third kappa shape index (κ3) is 4.52. The molecule has 160 valence electrons. The summed E-state index contributed by atoms with van der Waals surface area (Å²) in [6.45, 7) is 1.44. The number of rotatable bonds is 5. The number of halogens is 1. The van der Waals surface area contributed by atoms with E-state index in [1.165, 1.54) is 0 Å². The standard InChI is InChI=1S/C25H25ClN2O3/c1-31-23-13-12-21(19-9-3-4-10-20(19)23)25(30)28-14-6-8-18(16-28)24(29)27-15-17-7-2-5-11-22(17)26/h2-5,7,9-13,18H,6,8,14-16H2,1H3,(H,27,29). The Hall–Kier alpha value is -3.05. The van der Waals surface area contributed by atoms with E-state index in [4.69, 9.17) is 16.3 Å². The highest BCUT2D eigenvalue weighted by Crippen LogP contribution is 2.30. The highest BCUT2D eigenvalue weighted by Gasteiger charge is 2.29. The molecule has 1 N–H and O–H groups in total. The maximum Gasteiger partial charge on any atom is 0.254 e. The van der Waals surface area contributed by atoms with E-state index >= 15 is 0 Å². The predicted molar refractivity (Wildman–Crippen MR) is 122 cm³/mol. The zero-order chi connectivity index (χ0) is 21.8. The molecule has 0 aliphatic carbocycles. The molecule has 1 fully saturated rings. The molecule has 1 aliphatic heterocycles. The van der Waals surface area contributed by atoms with E-state index in [1.54, 1.807) is 12.0 Å². The summed E-state index contributed by atoms with van der Waals surface area (Å²) >= 11 is 6.18. The van der Waals surface area contributed by atoms with Gasteiger partial charge in [0, 0.05) is 35.6 Å². The number of carbonyl (C=O) groups is 2. The molecule has 5 nitrogen and oxygen atoms in total. The van der Waals surface area contributed by atoms with Gasteiger partial charge in [-0.25, -0.2) is 0 Å². The second-order valence-electron chi connectivity index (χ2n) is 7.76. The van der Waals surface area contributed by atoms with Crippen molar-refractivity contribution in [1.29, 1.82) is 0 Å². The molecule has 3 aromatic carbocycles. The van der Waals surface area contributed by atoms with Crippen LogP contribution in [-0.2, 0) is 11.3 Å². The highest BCUT2D eigenvalue weighted by atomic mass is 35.5. The number of hydrogen-bond acceptors (Lipinski definition) is 3. The van der Waals surface area contributed by atoms with Crippen molar-refractivity contribution < 1.29 is 14.3 Å². The minimum Gasteiger partial charge on any atom is -0.496 e. The van der Waals surface area contributed by atoms with Gasteiger partial charge in [-0.2, -0.15) is 0 Å². The second kappa shape index (κ2) is 9.40. The van der Waals surface area contributed by atoms with Crippen molar-refractivity contribution >= 4 is 34.2 Å². The fourth-order valence-electron chi connectivity index (χ4n) is 4.15. The third-order valence-corrected chi connectivity index (χ3v) is 6.19. The molecule has 1 aliphatic rings. The van der Waals surface area contributed by atoms with E-state index in [-0.39, 0.29) is 17.7 Å². The van der Waals surface area contributed by atoms with Gasteiger partial charge in [0.05, 0.1) is 13.0 Å². The quantitative estimate of drug-likeness (QED) is 0.632. The van der Waals surface area contributed by atoms with E-state index in [0.29, 0.717) is 30.2 Å². The van der Waals surface area contributed by atoms with Crippen LogP contribution in [0.2, 0.25) is 5.02 Å². The molecule has 1 heterocycles. The topological polar surface area (TPSA) is 58.6 Å².